The zero-order chi connectivity index (χ0) is 14.9. The summed E-state index contributed by atoms with van der Waals surface area (Å²) in [6.07, 6.45) is 1.02. The van der Waals surface area contributed by atoms with Crippen LogP contribution in [-0.2, 0) is 4.74 Å². The standard InChI is InChI=1S/C15H31N5O.HI/c1-3-16-15(17-6-5-11-21-4-2)18-12-14-13-19-7-9-20(14)10-8-19;/h14H,3-13H2,1-2H3,(H2,16,17,18);1H. The van der Waals surface area contributed by atoms with Crippen molar-refractivity contribution in [3.05, 3.63) is 0 Å². The van der Waals surface area contributed by atoms with E-state index in [9.17, 15) is 0 Å². The van der Waals surface area contributed by atoms with Crippen molar-refractivity contribution in [2.45, 2.75) is 26.3 Å². The molecular formula is C15H32IN5O. The number of aliphatic imine (C=N–C) groups is 1. The minimum atomic E-state index is 0. The van der Waals surface area contributed by atoms with E-state index in [1.165, 1.54) is 32.7 Å². The van der Waals surface area contributed by atoms with Crippen LogP contribution in [0.15, 0.2) is 4.99 Å². The van der Waals surface area contributed by atoms with Crippen molar-refractivity contribution in [3.8, 4) is 0 Å². The fraction of sp³-hybridized carbons (Fsp3) is 0.933. The van der Waals surface area contributed by atoms with E-state index in [0.717, 1.165) is 45.2 Å². The highest BCUT2D eigenvalue weighted by atomic mass is 127. The summed E-state index contributed by atoms with van der Waals surface area (Å²) < 4.78 is 5.35. The van der Waals surface area contributed by atoms with Crippen molar-refractivity contribution in [3.63, 3.8) is 0 Å². The monoisotopic (exact) mass is 425 g/mol. The molecule has 2 bridgehead atoms. The fourth-order valence-corrected chi connectivity index (χ4v) is 2.96. The smallest absolute Gasteiger partial charge is 0.191 e. The van der Waals surface area contributed by atoms with Gasteiger partial charge in [-0.1, -0.05) is 0 Å². The molecule has 3 saturated heterocycles. The Morgan fingerprint density at radius 2 is 1.95 bits per heavy atom. The van der Waals surface area contributed by atoms with Crippen LogP contribution in [0.5, 0.6) is 0 Å². The van der Waals surface area contributed by atoms with Crippen LogP contribution in [0.25, 0.3) is 0 Å². The summed E-state index contributed by atoms with van der Waals surface area (Å²) in [6, 6.07) is 0.589. The van der Waals surface area contributed by atoms with Gasteiger partial charge in [0.15, 0.2) is 5.96 Å². The van der Waals surface area contributed by atoms with E-state index in [4.69, 9.17) is 9.73 Å². The second-order valence-corrected chi connectivity index (χ2v) is 5.69. The van der Waals surface area contributed by atoms with Crippen LogP contribution >= 0.6 is 24.0 Å². The van der Waals surface area contributed by atoms with E-state index < -0.39 is 0 Å². The number of halogens is 1. The zero-order valence-electron chi connectivity index (χ0n) is 14.0. The third kappa shape index (κ3) is 6.55. The number of ether oxygens (including phenoxy) is 1. The number of rotatable bonds is 8. The Balaban J connectivity index is 0.00000242. The normalized spacial score (nSPS) is 27.4. The van der Waals surface area contributed by atoms with Crippen LogP contribution in [0.3, 0.4) is 0 Å². The van der Waals surface area contributed by atoms with Gasteiger partial charge in [-0.25, -0.2) is 0 Å². The van der Waals surface area contributed by atoms with Gasteiger partial charge in [-0.3, -0.25) is 14.8 Å². The van der Waals surface area contributed by atoms with E-state index >= 15 is 0 Å². The molecule has 2 N–H and O–H groups in total. The molecule has 0 spiro atoms. The molecule has 3 aliphatic rings. The maximum atomic E-state index is 5.35. The summed E-state index contributed by atoms with van der Waals surface area (Å²) in [5.74, 6) is 0.937. The average molecular weight is 425 g/mol. The molecule has 22 heavy (non-hydrogen) atoms. The molecule has 130 valence electrons. The third-order valence-corrected chi connectivity index (χ3v) is 4.16. The first-order valence-corrected chi connectivity index (χ1v) is 8.39. The summed E-state index contributed by atoms with van der Waals surface area (Å²) in [4.78, 5) is 9.90. The Morgan fingerprint density at radius 1 is 1.18 bits per heavy atom. The Labute approximate surface area is 152 Å². The van der Waals surface area contributed by atoms with Gasteiger partial charge in [0.1, 0.15) is 0 Å². The molecule has 0 aromatic rings. The Kier molecular flexibility index (Phi) is 10.3. The fourth-order valence-electron chi connectivity index (χ4n) is 2.96. The highest BCUT2D eigenvalue weighted by molar-refractivity contribution is 14.0. The molecule has 3 heterocycles. The summed E-state index contributed by atoms with van der Waals surface area (Å²) in [5.41, 5.74) is 0. The average Bonchev–Trinajstić information content (AvgIpc) is 2.53. The van der Waals surface area contributed by atoms with Crippen molar-refractivity contribution in [1.82, 2.24) is 20.4 Å². The van der Waals surface area contributed by atoms with Crippen LogP contribution in [0.1, 0.15) is 20.3 Å². The van der Waals surface area contributed by atoms with Gasteiger partial charge in [-0.2, -0.15) is 0 Å². The van der Waals surface area contributed by atoms with E-state index in [2.05, 4.69) is 27.4 Å². The molecule has 0 radical (unpaired) electrons. The first kappa shape index (κ1) is 19.9. The van der Waals surface area contributed by atoms with Crippen molar-refractivity contribution >= 4 is 29.9 Å². The first-order valence-electron chi connectivity index (χ1n) is 8.39. The van der Waals surface area contributed by atoms with Crippen LogP contribution in [0.2, 0.25) is 0 Å². The zero-order valence-corrected chi connectivity index (χ0v) is 16.3. The lowest BCUT2D eigenvalue weighted by molar-refractivity contribution is 0.0174. The lowest BCUT2D eigenvalue weighted by atomic mass is 10.1. The van der Waals surface area contributed by atoms with Gasteiger partial charge in [0.05, 0.1) is 6.54 Å². The molecule has 3 aliphatic heterocycles. The van der Waals surface area contributed by atoms with Crippen LogP contribution in [0, 0.1) is 0 Å². The van der Waals surface area contributed by atoms with Crippen molar-refractivity contribution in [2.24, 2.45) is 4.99 Å². The Hall–Kier alpha value is -0.120. The Morgan fingerprint density at radius 3 is 2.55 bits per heavy atom. The molecule has 3 rings (SSSR count). The second kappa shape index (κ2) is 11.4. The van der Waals surface area contributed by atoms with Crippen molar-refractivity contribution in [1.29, 1.82) is 0 Å². The molecule has 0 aromatic heterocycles. The van der Waals surface area contributed by atoms with Crippen LogP contribution < -0.4 is 10.6 Å². The van der Waals surface area contributed by atoms with Gasteiger partial charge in [0.25, 0.3) is 0 Å². The molecule has 0 amide bonds. The SMILES string of the molecule is CCNC(=NCC1CN2CCN1CC2)NCCCOCC.I. The molecule has 0 aromatic carbocycles. The number of nitrogens with zero attached hydrogens (tertiary/aromatic N) is 3. The quantitative estimate of drug-likeness (QED) is 0.258. The number of hydrogen-bond donors (Lipinski definition) is 2. The van der Waals surface area contributed by atoms with Gasteiger partial charge in [0.2, 0.25) is 0 Å². The number of fused-ring (bicyclic) bond motifs is 3. The second-order valence-electron chi connectivity index (χ2n) is 5.69. The van der Waals surface area contributed by atoms with E-state index in [0.29, 0.717) is 6.04 Å². The number of hydrogen-bond acceptors (Lipinski definition) is 4. The summed E-state index contributed by atoms with van der Waals surface area (Å²) in [5, 5.41) is 6.71. The molecular weight excluding hydrogens is 393 g/mol. The van der Waals surface area contributed by atoms with Gasteiger partial charge < -0.3 is 15.4 Å². The lowest BCUT2D eigenvalue weighted by Gasteiger charge is -2.47. The topological polar surface area (TPSA) is 52.1 Å². The summed E-state index contributed by atoms with van der Waals surface area (Å²) in [7, 11) is 0. The predicted molar refractivity (Wildman–Crippen MR) is 102 cm³/mol. The number of guanidine groups is 1. The van der Waals surface area contributed by atoms with Gasteiger partial charge in [0, 0.05) is 65.1 Å². The number of piperazine rings is 3. The lowest BCUT2D eigenvalue weighted by Crippen LogP contribution is -2.62. The molecule has 1 atom stereocenters. The first-order chi connectivity index (χ1) is 10.3. The van der Waals surface area contributed by atoms with Gasteiger partial charge in [-0.05, 0) is 20.3 Å². The van der Waals surface area contributed by atoms with Crippen LogP contribution in [0.4, 0.5) is 0 Å². The molecule has 1 unspecified atom stereocenters. The third-order valence-electron chi connectivity index (χ3n) is 4.16. The Bertz CT molecular complexity index is 321. The van der Waals surface area contributed by atoms with E-state index in [1.807, 2.05) is 6.92 Å². The highest BCUT2D eigenvalue weighted by Gasteiger charge is 2.31. The minimum absolute atomic E-state index is 0. The summed E-state index contributed by atoms with van der Waals surface area (Å²) in [6.45, 7) is 14.5. The summed E-state index contributed by atoms with van der Waals surface area (Å²) >= 11 is 0. The van der Waals surface area contributed by atoms with Gasteiger partial charge in [-0.15, -0.1) is 24.0 Å². The van der Waals surface area contributed by atoms with Crippen molar-refractivity contribution < 1.29 is 4.74 Å². The van der Waals surface area contributed by atoms with Crippen LogP contribution in [-0.4, -0.2) is 87.4 Å². The molecule has 3 fully saturated rings. The molecule has 0 aliphatic carbocycles. The maximum absolute atomic E-state index is 5.35. The minimum Gasteiger partial charge on any atom is -0.382 e. The van der Waals surface area contributed by atoms with E-state index in [-0.39, 0.29) is 24.0 Å². The largest absolute Gasteiger partial charge is 0.382 e. The molecule has 7 heteroatoms. The highest BCUT2D eigenvalue weighted by Crippen LogP contribution is 2.15. The molecule has 6 nitrogen and oxygen atoms in total. The maximum Gasteiger partial charge on any atom is 0.191 e. The van der Waals surface area contributed by atoms with Crippen molar-refractivity contribution in [2.75, 3.05) is 65.6 Å². The van der Waals surface area contributed by atoms with Gasteiger partial charge >= 0.3 is 0 Å². The predicted octanol–water partition coefficient (Wildman–Crippen LogP) is 0.586. The van der Waals surface area contributed by atoms with E-state index in [1.54, 1.807) is 0 Å². The molecule has 0 saturated carbocycles. The number of nitrogens with one attached hydrogen (secondary N) is 2.